The molecule has 3 aromatic rings. The average molecular weight is 448 g/mol. The normalized spacial score (nSPS) is 10.9. The van der Waals surface area contributed by atoms with Gasteiger partial charge in [-0.15, -0.1) is 11.3 Å². The summed E-state index contributed by atoms with van der Waals surface area (Å²) in [4.78, 5) is 15.1. The molecule has 5 nitrogen and oxygen atoms in total. The number of carbonyl (C=O) groups is 1. The van der Waals surface area contributed by atoms with Crippen molar-refractivity contribution in [3.8, 4) is 5.75 Å². The maximum Gasteiger partial charge on any atom is 0.264 e. The van der Waals surface area contributed by atoms with E-state index in [4.69, 9.17) is 4.74 Å². The minimum atomic E-state index is -0.00846. The number of hydrogen-bond acceptors (Lipinski definition) is 4. The highest BCUT2D eigenvalue weighted by molar-refractivity contribution is 9.10. The van der Waals surface area contributed by atoms with Crippen LogP contribution in [0.3, 0.4) is 0 Å². The van der Waals surface area contributed by atoms with Crippen LogP contribution in [0.4, 0.5) is 0 Å². The first-order valence-electron chi connectivity index (χ1n) is 8.54. The summed E-state index contributed by atoms with van der Waals surface area (Å²) in [5.74, 6) is 0.865. The zero-order valence-electron chi connectivity index (χ0n) is 15.8. The first-order valence-corrected chi connectivity index (χ1v) is 10.2. The minimum Gasteiger partial charge on any atom is -0.489 e. The van der Waals surface area contributed by atoms with Crippen molar-refractivity contribution < 1.29 is 9.53 Å². The standard InChI is InChI=1S/C20H22BrN3O2S/c1-13-5-6-18(14(2)7-13)26-11-15-8-19(27-12-15)20(25)23(3)10-17-16(21)9-22-24(17)4/h5-9,12H,10-11H2,1-4H3. The Kier molecular flexibility index (Phi) is 6.01. The number of thiophene rings is 1. The van der Waals surface area contributed by atoms with E-state index in [1.165, 1.54) is 16.9 Å². The van der Waals surface area contributed by atoms with Crippen molar-refractivity contribution in [2.75, 3.05) is 7.05 Å². The molecule has 0 N–H and O–H groups in total. The topological polar surface area (TPSA) is 47.4 Å². The summed E-state index contributed by atoms with van der Waals surface area (Å²) in [6.45, 7) is 5.04. The maximum atomic E-state index is 12.7. The van der Waals surface area contributed by atoms with E-state index in [1.807, 2.05) is 37.6 Å². The van der Waals surface area contributed by atoms with Crippen molar-refractivity contribution in [2.24, 2.45) is 7.05 Å². The third-order valence-electron chi connectivity index (χ3n) is 4.33. The Morgan fingerprint density at radius 2 is 2.11 bits per heavy atom. The van der Waals surface area contributed by atoms with Crippen LogP contribution in [0.15, 0.2) is 40.3 Å². The van der Waals surface area contributed by atoms with E-state index in [0.29, 0.717) is 18.0 Å². The van der Waals surface area contributed by atoms with Gasteiger partial charge in [0.1, 0.15) is 12.4 Å². The van der Waals surface area contributed by atoms with E-state index in [9.17, 15) is 4.79 Å². The van der Waals surface area contributed by atoms with Gasteiger partial charge in [-0.25, -0.2) is 0 Å². The molecule has 3 rings (SSSR count). The lowest BCUT2D eigenvalue weighted by atomic mass is 10.1. The van der Waals surface area contributed by atoms with Crippen LogP contribution in [0, 0.1) is 13.8 Å². The first kappa shape index (κ1) is 19.6. The van der Waals surface area contributed by atoms with Crippen molar-refractivity contribution in [3.63, 3.8) is 0 Å². The summed E-state index contributed by atoms with van der Waals surface area (Å²) in [5, 5.41) is 6.17. The minimum absolute atomic E-state index is 0.00846. The van der Waals surface area contributed by atoms with E-state index < -0.39 is 0 Å². The molecule has 7 heteroatoms. The van der Waals surface area contributed by atoms with Gasteiger partial charge in [0.05, 0.1) is 27.8 Å². The average Bonchev–Trinajstić information content (AvgIpc) is 3.22. The second-order valence-electron chi connectivity index (χ2n) is 6.60. The van der Waals surface area contributed by atoms with Crippen LogP contribution in [0.5, 0.6) is 5.75 Å². The molecule has 0 radical (unpaired) electrons. The molecule has 27 heavy (non-hydrogen) atoms. The lowest BCUT2D eigenvalue weighted by Crippen LogP contribution is -2.26. The van der Waals surface area contributed by atoms with Gasteiger partial charge in [-0.05, 0) is 52.9 Å². The SMILES string of the molecule is Cc1ccc(OCc2csc(C(=O)N(C)Cc3c(Br)cnn3C)c2)c(C)c1. The fourth-order valence-corrected chi connectivity index (χ4v) is 4.15. The highest BCUT2D eigenvalue weighted by Crippen LogP contribution is 2.23. The number of hydrogen-bond donors (Lipinski definition) is 0. The summed E-state index contributed by atoms with van der Waals surface area (Å²) >= 11 is 4.92. The molecular formula is C20H22BrN3O2S. The Bertz CT molecular complexity index is 945. The second-order valence-corrected chi connectivity index (χ2v) is 8.37. The molecule has 142 valence electrons. The number of amides is 1. The molecule has 0 atom stereocenters. The van der Waals surface area contributed by atoms with Crippen LogP contribution in [0.25, 0.3) is 0 Å². The Hall–Kier alpha value is -2.12. The molecule has 0 saturated carbocycles. The lowest BCUT2D eigenvalue weighted by molar-refractivity contribution is 0.0786. The quantitative estimate of drug-likeness (QED) is 0.549. The van der Waals surface area contributed by atoms with Gasteiger partial charge in [-0.2, -0.15) is 5.10 Å². The molecule has 0 aliphatic rings. The van der Waals surface area contributed by atoms with Gasteiger partial charge in [0.25, 0.3) is 5.91 Å². The van der Waals surface area contributed by atoms with Gasteiger partial charge in [-0.3, -0.25) is 9.48 Å². The van der Waals surface area contributed by atoms with E-state index in [0.717, 1.165) is 27.0 Å². The van der Waals surface area contributed by atoms with Crippen LogP contribution in [-0.4, -0.2) is 27.6 Å². The fourth-order valence-electron chi connectivity index (χ4n) is 2.78. The molecular weight excluding hydrogens is 426 g/mol. The van der Waals surface area contributed by atoms with Gasteiger partial charge in [-0.1, -0.05) is 17.7 Å². The third kappa shape index (κ3) is 4.59. The first-order chi connectivity index (χ1) is 12.8. The summed E-state index contributed by atoms with van der Waals surface area (Å²) in [6.07, 6.45) is 1.74. The molecule has 0 aliphatic heterocycles. The van der Waals surface area contributed by atoms with E-state index >= 15 is 0 Å². The molecule has 1 amide bonds. The predicted molar refractivity (Wildman–Crippen MR) is 111 cm³/mol. The summed E-state index contributed by atoms with van der Waals surface area (Å²) < 4.78 is 8.58. The van der Waals surface area contributed by atoms with E-state index in [1.54, 1.807) is 22.8 Å². The monoisotopic (exact) mass is 447 g/mol. The maximum absolute atomic E-state index is 12.7. The lowest BCUT2D eigenvalue weighted by Gasteiger charge is -2.16. The number of aryl methyl sites for hydroxylation is 3. The van der Waals surface area contributed by atoms with Gasteiger partial charge in [0.15, 0.2) is 0 Å². The Morgan fingerprint density at radius 1 is 1.33 bits per heavy atom. The van der Waals surface area contributed by atoms with Gasteiger partial charge >= 0.3 is 0 Å². The molecule has 2 heterocycles. The number of halogens is 1. The third-order valence-corrected chi connectivity index (χ3v) is 5.96. The van der Waals surface area contributed by atoms with Crippen molar-refractivity contribution in [2.45, 2.75) is 27.0 Å². The summed E-state index contributed by atoms with van der Waals surface area (Å²) in [5.41, 5.74) is 4.29. The highest BCUT2D eigenvalue weighted by atomic mass is 79.9. The van der Waals surface area contributed by atoms with Crippen LogP contribution in [0.2, 0.25) is 0 Å². The summed E-state index contributed by atoms with van der Waals surface area (Å²) in [7, 11) is 3.67. The van der Waals surface area contributed by atoms with Gasteiger partial charge in [0.2, 0.25) is 0 Å². The van der Waals surface area contributed by atoms with Crippen LogP contribution in [-0.2, 0) is 20.2 Å². The number of rotatable bonds is 6. The van der Waals surface area contributed by atoms with Crippen LogP contribution < -0.4 is 4.74 Å². The summed E-state index contributed by atoms with van der Waals surface area (Å²) in [6, 6.07) is 8.04. The van der Waals surface area contributed by atoms with Gasteiger partial charge in [0, 0.05) is 19.7 Å². The molecule has 2 aromatic heterocycles. The molecule has 0 bridgehead atoms. The van der Waals surface area contributed by atoms with Gasteiger partial charge < -0.3 is 9.64 Å². The van der Waals surface area contributed by atoms with Crippen molar-refractivity contribution in [3.05, 3.63) is 67.6 Å². The largest absolute Gasteiger partial charge is 0.489 e. The molecule has 1 aromatic carbocycles. The van der Waals surface area contributed by atoms with Crippen molar-refractivity contribution in [1.29, 1.82) is 0 Å². The second kappa shape index (κ2) is 8.27. The van der Waals surface area contributed by atoms with Crippen molar-refractivity contribution in [1.82, 2.24) is 14.7 Å². The van der Waals surface area contributed by atoms with Crippen molar-refractivity contribution >= 4 is 33.2 Å². The number of benzene rings is 1. The fraction of sp³-hybridized carbons (Fsp3) is 0.300. The molecule has 0 saturated heterocycles. The molecule has 0 aliphatic carbocycles. The molecule has 0 spiro atoms. The predicted octanol–water partition coefficient (Wildman–Crippen LogP) is 4.71. The Balaban J connectivity index is 1.63. The van der Waals surface area contributed by atoms with Crippen LogP contribution in [0.1, 0.15) is 32.1 Å². The number of ether oxygens (including phenoxy) is 1. The Morgan fingerprint density at radius 3 is 2.78 bits per heavy atom. The van der Waals surface area contributed by atoms with E-state index in [2.05, 4.69) is 34.0 Å². The van der Waals surface area contributed by atoms with E-state index in [-0.39, 0.29) is 5.91 Å². The van der Waals surface area contributed by atoms with Crippen LogP contribution >= 0.6 is 27.3 Å². The smallest absolute Gasteiger partial charge is 0.264 e. The number of aromatic nitrogens is 2. The Labute approximate surface area is 171 Å². The number of carbonyl (C=O) groups excluding carboxylic acids is 1. The number of nitrogens with zero attached hydrogens (tertiary/aromatic N) is 3. The zero-order valence-corrected chi connectivity index (χ0v) is 18.2. The highest BCUT2D eigenvalue weighted by Gasteiger charge is 2.17. The zero-order chi connectivity index (χ0) is 19.6. The molecule has 0 unspecified atom stereocenters. The molecule has 0 fully saturated rings.